The minimum absolute atomic E-state index is 0.0493. The van der Waals surface area contributed by atoms with Gasteiger partial charge in [-0.05, 0) is 36.8 Å². The number of carbonyl (C=O) groups is 3. The first-order valence-corrected chi connectivity index (χ1v) is 14.3. The predicted octanol–water partition coefficient (Wildman–Crippen LogP) is 3.12. The molecular formula is C30H37N3O4S. The van der Waals surface area contributed by atoms with Crippen LogP contribution in [0.5, 0.6) is 0 Å². The van der Waals surface area contributed by atoms with E-state index in [9.17, 15) is 19.5 Å². The van der Waals surface area contributed by atoms with Crippen molar-refractivity contribution in [2.24, 2.45) is 17.8 Å². The predicted molar refractivity (Wildman–Crippen MR) is 148 cm³/mol. The largest absolute Gasteiger partial charge is 0.394 e. The number of aliphatic hydroxyl groups excluding tert-OH is 1. The molecule has 7 nitrogen and oxygen atoms in total. The van der Waals surface area contributed by atoms with Crippen LogP contribution in [-0.2, 0) is 27.5 Å². The van der Waals surface area contributed by atoms with E-state index in [1.165, 1.54) is 0 Å². The van der Waals surface area contributed by atoms with Crippen LogP contribution in [-0.4, -0.2) is 55.9 Å². The van der Waals surface area contributed by atoms with Gasteiger partial charge in [0.2, 0.25) is 17.7 Å². The summed E-state index contributed by atoms with van der Waals surface area (Å²) in [5.41, 5.74) is 1.97. The average molecular weight is 536 g/mol. The number of fused-ring (bicyclic) bond motifs is 1. The summed E-state index contributed by atoms with van der Waals surface area (Å²) in [5.74, 6) is -1.74. The van der Waals surface area contributed by atoms with E-state index >= 15 is 0 Å². The lowest BCUT2D eigenvalue weighted by atomic mass is 9.66. The number of hydrogen-bond acceptors (Lipinski definition) is 5. The number of hydrogen-bond donors (Lipinski definition) is 3. The van der Waals surface area contributed by atoms with Crippen LogP contribution in [0.4, 0.5) is 0 Å². The molecule has 3 aliphatic rings. The Bertz CT molecular complexity index is 1190. The van der Waals surface area contributed by atoms with Crippen molar-refractivity contribution in [2.45, 2.75) is 68.3 Å². The molecule has 0 saturated carbocycles. The Hall–Kier alpha value is -2.84. The van der Waals surface area contributed by atoms with Crippen LogP contribution >= 0.6 is 11.8 Å². The fourth-order valence-corrected chi connectivity index (χ4v) is 9.16. The number of amides is 3. The zero-order valence-electron chi connectivity index (χ0n) is 22.2. The Kier molecular flexibility index (Phi) is 7.31. The molecule has 0 radical (unpaired) electrons. The van der Waals surface area contributed by atoms with Crippen LogP contribution in [0.3, 0.4) is 0 Å². The van der Waals surface area contributed by atoms with Gasteiger partial charge in [0, 0.05) is 17.8 Å². The molecule has 5 rings (SSSR count). The van der Waals surface area contributed by atoms with E-state index in [1.54, 1.807) is 16.7 Å². The minimum atomic E-state index is -0.748. The average Bonchev–Trinajstić information content (AvgIpc) is 3.48. The van der Waals surface area contributed by atoms with Gasteiger partial charge in [-0.15, -0.1) is 11.8 Å². The van der Waals surface area contributed by atoms with E-state index < -0.39 is 33.4 Å². The molecule has 2 aromatic rings. The van der Waals surface area contributed by atoms with E-state index in [2.05, 4.69) is 17.6 Å². The molecule has 6 atom stereocenters. The molecule has 8 heteroatoms. The molecule has 1 spiro atoms. The third-order valence-corrected chi connectivity index (χ3v) is 10.7. The zero-order valence-corrected chi connectivity index (χ0v) is 23.0. The monoisotopic (exact) mass is 535 g/mol. The van der Waals surface area contributed by atoms with Gasteiger partial charge in [-0.2, -0.15) is 0 Å². The van der Waals surface area contributed by atoms with Crippen molar-refractivity contribution in [1.29, 1.82) is 0 Å². The van der Waals surface area contributed by atoms with Gasteiger partial charge in [-0.3, -0.25) is 14.4 Å². The molecule has 0 aliphatic carbocycles. The maximum absolute atomic E-state index is 14.2. The van der Waals surface area contributed by atoms with Gasteiger partial charge >= 0.3 is 0 Å². The third kappa shape index (κ3) is 4.41. The van der Waals surface area contributed by atoms with E-state index in [1.807, 2.05) is 74.5 Å². The van der Waals surface area contributed by atoms with Crippen molar-refractivity contribution >= 4 is 29.5 Å². The van der Waals surface area contributed by atoms with Gasteiger partial charge in [0.05, 0.1) is 29.2 Å². The maximum Gasteiger partial charge on any atom is 0.244 e. The lowest BCUT2D eigenvalue weighted by Crippen LogP contribution is -2.57. The number of nitrogens with one attached hydrogen (secondary N) is 2. The fraction of sp³-hybridized carbons (Fsp3) is 0.500. The van der Waals surface area contributed by atoms with Gasteiger partial charge in [-0.1, -0.05) is 74.5 Å². The Morgan fingerprint density at radius 3 is 2.05 bits per heavy atom. The molecule has 202 valence electrons. The maximum atomic E-state index is 14.2. The van der Waals surface area contributed by atoms with Gasteiger partial charge in [0.25, 0.3) is 0 Å². The summed E-state index contributed by atoms with van der Waals surface area (Å²) in [6.45, 7) is 6.49. The summed E-state index contributed by atoms with van der Waals surface area (Å²) < 4.78 is -1.14. The summed E-state index contributed by atoms with van der Waals surface area (Å²) in [7, 11) is 0. The van der Waals surface area contributed by atoms with E-state index in [0.717, 1.165) is 17.5 Å². The number of rotatable bonds is 9. The van der Waals surface area contributed by atoms with Crippen LogP contribution < -0.4 is 10.6 Å². The van der Waals surface area contributed by atoms with Crippen molar-refractivity contribution in [2.75, 3.05) is 6.61 Å². The van der Waals surface area contributed by atoms with Crippen LogP contribution in [0, 0.1) is 17.8 Å². The molecule has 3 fully saturated rings. The zero-order chi connectivity index (χ0) is 27.1. The molecule has 0 aromatic heterocycles. The number of likely N-dealkylation sites (tertiary alicyclic amines) is 1. The first-order valence-electron chi connectivity index (χ1n) is 13.5. The number of nitrogens with zero attached hydrogens (tertiary/aromatic N) is 1. The van der Waals surface area contributed by atoms with Crippen molar-refractivity contribution in [3.8, 4) is 0 Å². The number of aliphatic hydroxyl groups is 1. The molecule has 2 bridgehead atoms. The lowest BCUT2D eigenvalue weighted by Gasteiger charge is -2.38. The molecule has 3 heterocycles. The molecule has 2 aromatic carbocycles. The van der Waals surface area contributed by atoms with Crippen molar-refractivity contribution in [3.63, 3.8) is 0 Å². The molecule has 3 saturated heterocycles. The van der Waals surface area contributed by atoms with Crippen LogP contribution in [0.1, 0.15) is 44.7 Å². The molecule has 3 amide bonds. The van der Waals surface area contributed by atoms with Crippen LogP contribution in [0.2, 0.25) is 0 Å². The summed E-state index contributed by atoms with van der Waals surface area (Å²) in [6, 6.07) is 18.2. The highest BCUT2D eigenvalue weighted by Crippen LogP contribution is 2.71. The summed E-state index contributed by atoms with van der Waals surface area (Å²) in [6.07, 6.45) is 1.44. The minimum Gasteiger partial charge on any atom is -0.394 e. The van der Waals surface area contributed by atoms with Gasteiger partial charge in [-0.25, -0.2) is 0 Å². The van der Waals surface area contributed by atoms with Crippen LogP contribution in [0.25, 0.3) is 0 Å². The summed E-state index contributed by atoms with van der Waals surface area (Å²) in [4.78, 5) is 43.5. The topological polar surface area (TPSA) is 98.7 Å². The Labute approximate surface area is 228 Å². The van der Waals surface area contributed by atoms with E-state index in [-0.39, 0.29) is 30.2 Å². The molecular weight excluding hydrogens is 498 g/mol. The van der Waals surface area contributed by atoms with Crippen molar-refractivity contribution in [1.82, 2.24) is 15.5 Å². The van der Waals surface area contributed by atoms with Gasteiger partial charge in [0.15, 0.2) is 0 Å². The quantitative estimate of drug-likeness (QED) is 0.458. The van der Waals surface area contributed by atoms with Gasteiger partial charge < -0.3 is 20.6 Å². The normalized spacial score (nSPS) is 30.4. The van der Waals surface area contributed by atoms with Crippen molar-refractivity contribution < 1.29 is 19.5 Å². The second kappa shape index (κ2) is 10.4. The van der Waals surface area contributed by atoms with Crippen molar-refractivity contribution in [3.05, 3.63) is 71.8 Å². The highest BCUT2D eigenvalue weighted by atomic mass is 32.2. The first-order chi connectivity index (χ1) is 18.2. The highest BCUT2D eigenvalue weighted by molar-refractivity contribution is 8.02. The molecule has 3 N–H and O–H groups in total. The SMILES string of the molecule is CC(C)[C@H](CO)N1C(=O)[C@@H]2[C@H](C(=O)NCc3ccccc3)[C@]3(C)CCC2(S3)C1C(=O)NCc1ccccc1. The Morgan fingerprint density at radius 2 is 1.53 bits per heavy atom. The van der Waals surface area contributed by atoms with E-state index in [0.29, 0.717) is 19.5 Å². The standard InChI is InChI=1S/C30H37N3O4S/c1-19(2)22(18-34)33-25(27(36)32-17-21-12-8-5-9-13-21)30-15-14-29(3,38-30)23(24(30)28(33)37)26(35)31-16-20-10-6-4-7-11-20/h4-13,19,22-25,34H,14-18H2,1-3H3,(H,31,35)(H,32,36)/t22-,23+,24-,25?,29-,30?/m0/s1. The summed E-state index contributed by atoms with van der Waals surface area (Å²) in [5, 5.41) is 16.5. The van der Waals surface area contributed by atoms with Crippen LogP contribution in [0.15, 0.2) is 60.7 Å². The number of benzene rings is 2. The number of carbonyl (C=O) groups excluding carboxylic acids is 3. The first kappa shape index (κ1) is 26.8. The smallest absolute Gasteiger partial charge is 0.244 e. The second-order valence-electron chi connectivity index (χ2n) is 11.4. The van der Waals surface area contributed by atoms with E-state index in [4.69, 9.17) is 0 Å². The molecule has 2 unspecified atom stereocenters. The fourth-order valence-electron chi connectivity index (χ4n) is 6.82. The Morgan fingerprint density at radius 1 is 0.974 bits per heavy atom. The summed E-state index contributed by atoms with van der Waals surface area (Å²) >= 11 is 1.65. The third-order valence-electron chi connectivity index (χ3n) is 8.68. The highest BCUT2D eigenvalue weighted by Gasteiger charge is 2.77. The second-order valence-corrected chi connectivity index (χ2v) is 13.3. The molecule has 3 aliphatic heterocycles. The number of thioether (sulfide) groups is 1. The Balaban J connectivity index is 1.46. The van der Waals surface area contributed by atoms with Gasteiger partial charge in [0.1, 0.15) is 6.04 Å². The lowest BCUT2D eigenvalue weighted by molar-refractivity contribution is -0.144. The molecule has 38 heavy (non-hydrogen) atoms.